The fourth-order valence-corrected chi connectivity index (χ4v) is 3.17. The molecule has 0 spiro atoms. The van der Waals surface area contributed by atoms with E-state index in [1.165, 1.54) is 0 Å². The molecule has 2 aromatic rings. The zero-order chi connectivity index (χ0) is 18.4. The number of para-hydroxylation sites is 1. The van der Waals surface area contributed by atoms with E-state index < -0.39 is 0 Å². The van der Waals surface area contributed by atoms with E-state index in [0.29, 0.717) is 18.7 Å². The summed E-state index contributed by atoms with van der Waals surface area (Å²) in [6, 6.07) is 16.5. The van der Waals surface area contributed by atoms with Crippen LogP contribution in [0.1, 0.15) is 22.0 Å². The molecule has 0 aromatic heterocycles. The second kappa shape index (κ2) is 9.94. The van der Waals surface area contributed by atoms with Crippen LogP contribution in [-0.4, -0.2) is 50.0 Å². The second-order valence-corrected chi connectivity index (χ2v) is 6.10. The van der Waals surface area contributed by atoms with Crippen LogP contribution in [0.3, 0.4) is 0 Å². The SMILES string of the molecule is COc1ccccc1C1CNCCN1C(=O)CNC(=O)c1ccccc1.Cl. The highest BCUT2D eigenvalue weighted by atomic mass is 35.5. The van der Waals surface area contributed by atoms with Crippen molar-refractivity contribution in [1.82, 2.24) is 15.5 Å². The Kier molecular flexibility index (Phi) is 7.64. The van der Waals surface area contributed by atoms with Crippen LogP contribution in [0.25, 0.3) is 0 Å². The molecule has 144 valence electrons. The molecule has 0 saturated carbocycles. The molecule has 1 atom stereocenters. The molecule has 1 unspecified atom stereocenters. The van der Waals surface area contributed by atoms with Gasteiger partial charge in [0, 0.05) is 30.8 Å². The van der Waals surface area contributed by atoms with Crippen molar-refractivity contribution in [3.63, 3.8) is 0 Å². The number of carbonyl (C=O) groups excluding carboxylic acids is 2. The molecule has 2 N–H and O–H groups in total. The van der Waals surface area contributed by atoms with Crippen LogP contribution in [0.5, 0.6) is 5.75 Å². The highest BCUT2D eigenvalue weighted by Gasteiger charge is 2.29. The number of hydrogen-bond donors (Lipinski definition) is 2. The van der Waals surface area contributed by atoms with Gasteiger partial charge in [-0.05, 0) is 18.2 Å². The molecule has 6 nitrogen and oxygen atoms in total. The quantitative estimate of drug-likeness (QED) is 0.820. The van der Waals surface area contributed by atoms with Crippen molar-refractivity contribution in [2.24, 2.45) is 0 Å². The van der Waals surface area contributed by atoms with E-state index in [2.05, 4.69) is 10.6 Å². The molecule has 7 heteroatoms. The molecule has 2 amide bonds. The summed E-state index contributed by atoms with van der Waals surface area (Å²) >= 11 is 0. The fraction of sp³-hybridized carbons (Fsp3) is 0.300. The van der Waals surface area contributed by atoms with Gasteiger partial charge in [0.25, 0.3) is 5.91 Å². The van der Waals surface area contributed by atoms with E-state index in [0.717, 1.165) is 17.9 Å². The summed E-state index contributed by atoms with van der Waals surface area (Å²) < 4.78 is 5.45. The third kappa shape index (κ3) is 4.99. The van der Waals surface area contributed by atoms with Gasteiger partial charge in [-0.2, -0.15) is 0 Å². The molecule has 27 heavy (non-hydrogen) atoms. The lowest BCUT2D eigenvalue weighted by atomic mass is 10.0. The van der Waals surface area contributed by atoms with Crippen LogP contribution in [0, 0.1) is 0 Å². The van der Waals surface area contributed by atoms with Gasteiger partial charge in [-0.1, -0.05) is 36.4 Å². The molecule has 1 fully saturated rings. The molecule has 1 heterocycles. The summed E-state index contributed by atoms with van der Waals surface area (Å²) in [7, 11) is 1.63. The van der Waals surface area contributed by atoms with Crippen molar-refractivity contribution in [3.05, 3.63) is 65.7 Å². The third-order valence-corrected chi connectivity index (χ3v) is 4.50. The van der Waals surface area contributed by atoms with Gasteiger partial charge in [0.1, 0.15) is 5.75 Å². The molecule has 2 aromatic carbocycles. The smallest absolute Gasteiger partial charge is 0.251 e. The minimum atomic E-state index is -0.247. The average molecular weight is 390 g/mol. The van der Waals surface area contributed by atoms with Crippen molar-refractivity contribution < 1.29 is 14.3 Å². The first-order valence-electron chi connectivity index (χ1n) is 8.67. The molecule has 1 aliphatic rings. The normalized spacial score (nSPS) is 16.2. The Labute approximate surface area is 165 Å². The van der Waals surface area contributed by atoms with Gasteiger partial charge >= 0.3 is 0 Å². The number of rotatable bonds is 5. The molecular weight excluding hydrogens is 366 g/mol. The van der Waals surface area contributed by atoms with Gasteiger partial charge in [-0.15, -0.1) is 12.4 Å². The second-order valence-electron chi connectivity index (χ2n) is 6.10. The third-order valence-electron chi connectivity index (χ3n) is 4.50. The Hall–Kier alpha value is -2.57. The summed E-state index contributed by atoms with van der Waals surface area (Å²) in [6.07, 6.45) is 0. The van der Waals surface area contributed by atoms with Crippen molar-refractivity contribution in [2.45, 2.75) is 6.04 Å². The maximum atomic E-state index is 12.8. The van der Waals surface area contributed by atoms with Crippen molar-refractivity contribution in [1.29, 1.82) is 0 Å². The minimum Gasteiger partial charge on any atom is -0.496 e. The fourth-order valence-electron chi connectivity index (χ4n) is 3.17. The minimum absolute atomic E-state index is 0. The Bertz CT molecular complexity index is 770. The zero-order valence-electron chi connectivity index (χ0n) is 15.2. The van der Waals surface area contributed by atoms with Crippen LogP contribution in [0.4, 0.5) is 0 Å². The number of nitrogens with one attached hydrogen (secondary N) is 2. The summed E-state index contributed by atoms with van der Waals surface area (Å²) in [5, 5.41) is 6.04. The number of nitrogens with zero attached hydrogens (tertiary/aromatic N) is 1. The lowest BCUT2D eigenvalue weighted by Crippen LogP contribution is -2.51. The van der Waals surface area contributed by atoms with Crippen LogP contribution < -0.4 is 15.4 Å². The van der Waals surface area contributed by atoms with Gasteiger partial charge in [0.05, 0.1) is 19.7 Å². The van der Waals surface area contributed by atoms with Crippen LogP contribution >= 0.6 is 12.4 Å². The van der Waals surface area contributed by atoms with Gasteiger partial charge in [-0.25, -0.2) is 0 Å². The topological polar surface area (TPSA) is 70.7 Å². The zero-order valence-corrected chi connectivity index (χ0v) is 16.0. The van der Waals surface area contributed by atoms with Crippen molar-refractivity contribution >= 4 is 24.2 Å². The van der Waals surface area contributed by atoms with E-state index >= 15 is 0 Å². The van der Waals surface area contributed by atoms with Gasteiger partial charge < -0.3 is 20.3 Å². The maximum Gasteiger partial charge on any atom is 0.251 e. The number of carbonyl (C=O) groups is 2. The Morgan fingerprint density at radius 1 is 1.15 bits per heavy atom. The first kappa shape index (κ1) is 20.7. The van der Waals surface area contributed by atoms with Gasteiger partial charge in [0.15, 0.2) is 0 Å². The predicted molar refractivity (Wildman–Crippen MR) is 106 cm³/mol. The summed E-state index contributed by atoms with van der Waals surface area (Å²) in [5.74, 6) is 0.405. The number of ether oxygens (including phenoxy) is 1. The van der Waals surface area contributed by atoms with Crippen molar-refractivity contribution in [2.75, 3.05) is 33.3 Å². The highest BCUT2D eigenvalue weighted by Crippen LogP contribution is 2.30. The Balaban J connectivity index is 0.00000261. The Morgan fingerprint density at radius 2 is 1.85 bits per heavy atom. The molecule has 0 aliphatic carbocycles. The van der Waals surface area contributed by atoms with Crippen LogP contribution in [0.2, 0.25) is 0 Å². The van der Waals surface area contributed by atoms with Gasteiger partial charge in [0.2, 0.25) is 5.91 Å². The average Bonchev–Trinajstić information content (AvgIpc) is 2.72. The van der Waals surface area contributed by atoms with Gasteiger partial charge in [-0.3, -0.25) is 9.59 Å². The van der Waals surface area contributed by atoms with E-state index in [4.69, 9.17) is 4.74 Å². The summed E-state index contributed by atoms with van der Waals surface area (Å²) in [4.78, 5) is 26.7. The molecule has 0 radical (unpaired) electrons. The summed E-state index contributed by atoms with van der Waals surface area (Å²) in [6.45, 7) is 1.94. The highest BCUT2D eigenvalue weighted by molar-refractivity contribution is 5.96. The molecule has 1 saturated heterocycles. The largest absolute Gasteiger partial charge is 0.496 e. The number of amides is 2. The number of methoxy groups -OCH3 is 1. The van der Waals surface area contributed by atoms with E-state index in [9.17, 15) is 9.59 Å². The lowest BCUT2D eigenvalue weighted by molar-refractivity contribution is -0.133. The monoisotopic (exact) mass is 389 g/mol. The van der Waals surface area contributed by atoms with Crippen molar-refractivity contribution in [3.8, 4) is 5.75 Å². The first-order chi connectivity index (χ1) is 12.7. The molecular formula is C20H24ClN3O3. The number of benzene rings is 2. The first-order valence-corrected chi connectivity index (χ1v) is 8.67. The number of piperazine rings is 1. The number of hydrogen-bond acceptors (Lipinski definition) is 4. The summed E-state index contributed by atoms with van der Waals surface area (Å²) in [5.41, 5.74) is 1.51. The van der Waals surface area contributed by atoms with Crippen LogP contribution in [0.15, 0.2) is 54.6 Å². The van der Waals surface area contributed by atoms with E-state index in [-0.39, 0.29) is 36.8 Å². The van der Waals surface area contributed by atoms with E-state index in [1.807, 2.05) is 30.3 Å². The molecule has 1 aliphatic heterocycles. The Morgan fingerprint density at radius 3 is 2.59 bits per heavy atom. The lowest BCUT2D eigenvalue weighted by Gasteiger charge is -2.37. The maximum absolute atomic E-state index is 12.8. The van der Waals surface area contributed by atoms with E-state index in [1.54, 1.807) is 36.3 Å². The number of halogens is 1. The van der Waals surface area contributed by atoms with Crippen LogP contribution in [-0.2, 0) is 4.79 Å². The predicted octanol–water partition coefficient (Wildman–Crippen LogP) is 2.02. The standard InChI is InChI=1S/C20H23N3O3.ClH/c1-26-18-10-6-5-9-16(18)17-13-21-11-12-23(17)19(24)14-22-20(25)15-7-3-2-4-8-15;/h2-10,17,21H,11-14H2,1H3,(H,22,25);1H. The molecule has 0 bridgehead atoms. The molecule has 3 rings (SSSR count).